The van der Waals surface area contributed by atoms with Gasteiger partial charge < -0.3 is 9.64 Å². The van der Waals surface area contributed by atoms with Gasteiger partial charge in [0.15, 0.2) is 0 Å². The van der Waals surface area contributed by atoms with Crippen molar-refractivity contribution in [1.82, 2.24) is 4.90 Å². The number of ether oxygens (including phenoxy) is 1. The predicted octanol–water partition coefficient (Wildman–Crippen LogP) is 1.93. The Morgan fingerprint density at radius 3 is 2.78 bits per heavy atom. The third-order valence-electron chi connectivity index (χ3n) is 3.61. The van der Waals surface area contributed by atoms with Crippen LogP contribution in [-0.4, -0.2) is 55.7 Å². The smallest absolute Gasteiger partial charge is 0.142 e. The highest BCUT2D eigenvalue weighted by Gasteiger charge is 2.18. The number of fused-ring (bicyclic) bond motifs is 1. The van der Waals surface area contributed by atoms with Gasteiger partial charge in [-0.05, 0) is 12.1 Å². The van der Waals surface area contributed by atoms with E-state index in [4.69, 9.17) is 4.74 Å². The Balaban J connectivity index is 1.60. The van der Waals surface area contributed by atoms with E-state index in [1.165, 1.54) is 36.8 Å². The minimum Gasteiger partial charge on any atom is -0.490 e. The van der Waals surface area contributed by atoms with E-state index in [1.54, 1.807) is 0 Å². The molecule has 18 heavy (non-hydrogen) atoms. The first-order valence-corrected chi connectivity index (χ1v) is 7.86. The van der Waals surface area contributed by atoms with Crippen molar-refractivity contribution < 1.29 is 4.74 Å². The molecule has 0 radical (unpaired) electrons. The number of nitrogens with zero attached hydrogens (tertiary/aromatic N) is 2. The Hall–Kier alpha value is -0.870. The SMILES string of the molecule is c1ccc2c(c1)OCCN2CCN1CCSCC1. The van der Waals surface area contributed by atoms with Crippen molar-refractivity contribution in [3.8, 4) is 5.75 Å². The van der Waals surface area contributed by atoms with Gasteiger partial charge in [-0.25, -0.2) is 0 Å². The molecular weight excluding hydrogens is 244 g/mol. The van der Waals surface area contributed by atoms with Gasteiger partial charge in [-0.15, -0.1) is 0 Å². The second-order valence-electron chi connectivity index (χ2n) is 4.76. The standard InChI is InChI=1S/C14H20N2OS/c1-2-4-14-13(3-1)16(7-10-17-14)6-5-15-8-11-18-12-9-15/h1-4H,5-12H2. The maximum absolute atomic E-state index is 5.69. The first kappa shape index (κ1) is 12.2. The molecule has 0 bridgehead atoms. The first-order valence-electron chi connectivity index (χ1n) is 6.70. The van der Waals surface area contributed by atoms with Gasteiger partial charge in [-0.3, -0.25) is 4.90 Å². The third-order valence-corrected chi connectivity index (χ3v) is 4.56. The lowest BCUT2D eigenvalue weighted by atomic mass is 10.2. The predicted molar refractivity (Wildman–Crippen MR) is 77.9 cm³/mol. The summed E-state index contributed by atoms with van der Waals surface area (Å²) in [6.45, 7) is 6.61. The number of rotatable bonds is 3. The number of para-hydroxylation sites is 2. The minimum absolute atomic E-state index is 0.812. The normalized spacial score (nSPS) is 20.3. The van der Waals surface area contributed by atoms with E-state index in [2.05, 4.69) is 39.8 Å². The summed E-state index contributed by atoms with van der Waals surface area (Å²) in [5.74, 6) is 3.62. The summed E-state index contributed by atoms with van der Waals surface area (Å²) in [5.41, 5.74) is 1.26. The van der Waals surface area contributed by atoms with Crippen LogP contribution in [0.15, 0.2) is 24.3 Å². The summed E-state index contributed by atoms with van der Waals surface area (Å²) in [6, 6.07) is 8.38. The summed E-state index contributed by atoms with van der Waals surface area (Å²) >= 11 is 2.07. The fourth-order valence-electron chi connectivity index (χ4n) is 2.55. The van der Waals surface area contributed by atoms with E-state index in [-0.39, 0.29) is 0 Å². The van der Waals surface area contributed by atoms with Gasteiger partial charge in [0, 0.05) is 37.7 Å². The average Bonchev–Trinajstić information content (AvgIpc) is 2.46. The summed E-state index contributed by atoms with van der Waals surface area (Å²) in [7, 11) is 0. The molecule has 2 aliphatic heterocycles. The maximum atomic E-state index is 5.69. The van der Waals surface area contributed by atoms with Crippen LogP contribution >= 0.6 is 11.8 Å². The van der Waals surface area contributed by atoms with E-state index in [9.17, 15) is 0 Å². The molecular formula is C14H20N2OS. The molecule has 1 fully saturated rings. The topological polar surface area (TPSA) is 15.7 Å². The largest absolute Gasteiger partial charge is 0.490 e. The molecule has 1 saturated heterocycles. The zero-order chi connectivity index (χ0) is 12.2. The highest BCUT2D eigenvalue weighted by atomic mass is 32.2. The molecule has 4 heteroatoms. The average molecular weight is 264 g/mol. The maximum Gasteiger partial charge on any atom is 0.142 e. The Kier molecular flexibility index (Phi) is 3.96. The van der Waals surface area contributed by atoms with Crippen molar-refractivity contribution in [2.45, 2.75) is 0 Å². The number of anilines is 1. The van der Waals surface area contributed by atoms with E-state index in [1.807, 2.05) is 6.07 Å². The Morgan fingerprint density at radius 2 is 1.89 bits per heavy atom. The first-order chi connectivity index (χ1) is 8.93. The van der Waals surface area contributed by atoms with Crippen LogP contribution in [0, 0.1) is 0 Å². The monoisotopic (exact) mass is 264 g/mol. The fraction of sp³-hybridized carbons (Fsp3) is 0.571. The van der Waals surface area contributed by atoms with Gasteiger partial charge in [0.05, 0.1) is 12.2 Å². The summed E-state index contributed by atoms with van der Waals surface area (Å²) in [6.07, 6.45) is 0. The van der Waals surface area contributed by atoms with Crippen molar-refractivity contribution in [3.05, 3.63) is 24.3 Å². The van der Waals surface area contributed by atoms with Crippen LogP contribution in [-0.2, 0) is 0 Å². The molecule has 0 spiro atoms. The lowest BCUT2D eigenvalue weighted by molar-refractivity contribution is 0.285. The van der Waals surface area contributed by atoms with Crippen molar-refractivity contribution >= 4 is 17.4 Å². The van der Waals surface area contributed by atoms with Gasteiger partial charge in [0.1, 0.15) is 12.4 Å². The fourth-order valence-corrected chi connectivity index (χ4v) is 3.52. The molecule has 2 heterocycles. The van der Waals surface area contributed by atoms with Gasteiger partial charge in [0.2, 0.25) is 0 Å². The zero-order valence-electron chi connectivity index (χ0n) is 10.7. The molecule has 3 rings (SSSR count). The lowest BCUT2D eigenvalue weighted by Crippen LogP contribution is -2.42. The number of hydrogen-bond acceptors (Lipinski definition) is 4. The van der Waals surface area contributed by atoms with Crippen molar-refractivity contribution in [1.29, 1.82) is 0 Å². The van der Waals surface area contributed by atoms with Crippen molar-refractivity contribution in [3.63, 3.8) is 0 Å². The second kappa shape index (κ2) is 5.85. The van der Waals surface area contributed by atoms with Crippen LogP contribution in [0.3, 0.4) is 0 Å². The Labute approximate surface area is 113 Å². The molecule has 1 aromatic carbocycles. The molecule has 0 unspecified atom stereocenters. The van der Waals surface area contributed by atoms with Crippen LogP contribution in [0.5, 0.6) is 5.75 Å². The molecule has 0 aromatic heterocycles. The molecule has 0 saturated carbocycles. The van der Waals surface area contributed by atoms with E-state index < -0.39 is 0 Å². The van der Waals surface area contributed by atoms with Crippen molar-refractivity contribution in [2.75, 3.05) is 55.7 Å². The summed E-state index contributed by atoms with van der Waals surface area (Å²) < 4.78 is 5.69. The zero-order valence-corrected chi connectivity index (χ0v) is 11.5. The van der Waals surface area contributed by atoms with E-state index in [0.717, 1.165) is 25.4 Å². The second-order valence-corrected chi connectivity index (χ2v) is 5.98. The molecule has 0 amide bonds. The summed E-state index contributed by atoms with van der Waals surface area (Å²) in [5, 5.41) is 0. The van der Waals surface area contributed by atoms with E-state index in [0.29, 0.717) is 0 Å². The molecule has 0 atom stereocenters. The Morgan fingerprint density at radius 1 is 1.06 bits per heavy atom. The number of hydrogen-bond donors (Lipinski definition) is 0. The van der Waals surface area contributed by atoms with Crippen LogP contribution < -0.4 is 9.64 Å². The molecule has 1 aromatic rings. The molecule has 2 aliphatic rings. The summed E-state index contributed by atoms with van der Waals surface area (Å²) in [4.78, 5) is 5.04. The van der Waals surface area contributed by atoms with Gasteiger partial charge >= 0.3 is 0 Å². The van der Waals surface area contributed by atoms with Gasteiger partial charge in [-0.2, -0.15) is 11.8 Å². The van der Waals surface area contributed by atoms with Crippen LogP contribution in [0.4, 0.5) is 5.69 Å². The number of thioether (sulfide) groups is 1. The molecule has 3 nitrogen and oxygen atoms in total. The lowest BCUT2D eigenvalue weighted by Gasteiger charge is -2.34. The number of benzene rings is 1. The van der Waals surface area contributed by atoms with Gasteiger partial charge in [-0.1, -0.05) is 12.1 Å². The third kappa shape index (κ3) is 2.75. The molecule has 0 N–H and O–H groups in total. The highest BCUT2D eigenvalue weighted by molar-refractivity contribution is 7.99. The van der Waals surface area contributed by atoms with Crippen LogP contribution in [0.2, 0.25) is 0 Å². The van der Waals surface area contributed by atoms with E-state index >= 15 is 0 Å². The quantitative estimate of drug-likeness (QED) is 0.828. The minimum atomic E-state index is 0.812. The molecule has 98 valence electrons. The van der Waals surface area contributed by atoms with Crippen LogP contribution in [0.25, 0.3) is 0 Å². The molecule has 0 aliphatic carbocycles. The van der Waals surface area contributed by atoms with Crippen LogP contribution in [0.1, 0.15) is 0 Å². The van der Waals surface area contributed by atoms with Crippen molar-refractivity contribution in [2.24, 2.45) is 0 Å². The Bertz CT molecular complexity index is 393. The van der Waals surface area contributed by atoms with Gasteiger partial charge in [0.25, 0.3) is 0 Å². The highest BCUT2D eigenvalue weighted by Crippen LogP contribution is 2.30.